The smallest absolute Gasteiger partial charge is 0.165 e. The first-order chi connectivity index (χ1) is 39.6. The van der Waals surface area contributed by atoms with Gasteiger partial charge in [0.05, 0.1) is 61.7 Å². The monoisotopic (exact) mass is 1020 g/mol. The van der Waals surface area contributed by atoms with Gasteiger partial charge in [0.1, 0.15) is 6.07 Å². The highest BCUT2D eigenvalue weighted by atomic mass is 15.2. The zero-order chi connectivity index (χ0) is 53.1. The quantitative estimate of drug-likeness (QED) is 0.164. The van der Waals surface area contributed by atoms with Crippen LogP contribution < -0.4 is 4.90 Å². The molecule has 0 atom stereocenters. The van der Waals surface area contributed by atoms with E-state index in [1.807, 2.05) is 66.7 Å². The van der Waals surface area contributed by atoms with Crippen LogP contribution in [0.25, 0.3) is 100 Å². The summed E-state index contributed by atoms with van der Waals surface area (Å²) in [6, 6.07) is 94.1. The predicted molar refractivity (Wildman–Crippen MR) is 320 cm³/mol. The van der Waals surface area contributed by atoms with Crippen molar-refractivity contribution in [2.24, 2.45) is 0 Å². The van der Waals surface area contributed by atoms with E-state index < -0.39 is 5.41 Å². The van der Waals surface area contributed by atoms with E-state index >= 15 is 0 Å². The fourth-order valence-corrected chi connectivity index (χ4v) is 13.1. The summed E-state index contributed by atoms with van der Waals surface area (Å²) >= 11 is 0. The maximum atomic E-state index is 11.4. The molecule has 2 aliphatic rings. The van der Waals surface area contributed by atoms with E-state index in [4.69, 9.17) is 15.0 Å². The number of para-hydroxylation sites is 6. The molecule has 8 nitrogen and oxygen atoms in total. The van der Waals surface area contributed by atoms with Crippen LogP contribution in [0.5, 0.6) is 0 Å². The fourth-order valence-electron chi connectivity index (χ4n) is 13.1. The number of rotatable bonds is 6. The van der Waals surface area contributed by atoms with Gasteiger partial charge in [-0.05, 0) is 106 Å². The molecule has 1 spiro atoms. The summed E-state index contributed by atoms with van der Waals surface area (Å²) in [4.78, 5) is 17.1. The summed E-state index contributed by atoms with van der Waals surface area (Å²) in [6.07, 6.45) is 0. The molecule has 0 saturated carbocycles. The average molecular weight is 1020 g/mol. The van der Waals surface area contributed by atoms with Crippen molar-refractivity contribution in [1.29, 1.82) is 10.5 Å². The second-order valence-electron chi connectivity index (χ2n) is 20.5. The molecule has 0 N–H and O–H groups in total. The summed E-state index contributed by atoms with van der Waals surface area (Å²) in [5, 5.41) is 27.4. The SMILES string of the molecule is N#Cc1cc(N2c3ccccc3C3(c4ccc(-n5c6ccccc6c6ccccc65)cc4-c4cc(-n5c6ccccc6c6ccccc65)ccc43)c3ccccc32)c(C#N)cc1-c1nc(-c2ccccc2)nc(-c2ccccc2)n1. The largest absolute Gasteiger partial charge is 0.309 e. The van der Waals surface area contributed by atoms with Gasteiger partial charge < -0.3 is 14.0 Å². The lowest BCUT2D eigenvalue weighted by Crippen LogP contribution is -2.36. The van der Waals surface area contributed by atoms with Crippen LogP contribution in [0, 0.1) is 22.7 Å². The second-order valence-corrected chi connectivity index (χ2v) is 20.5. The molecule has 0 saturated heterocycles. The van der Waals surface area contributed by atoms with E-state index in [9.17, 15) is 10.5 Å². The maximum Gasteiger partial charge on any atom is 0.165 e. The van der Waals surface area contributed by atoms with Crippen LogP contribution >= 0.6 is 0 Å². The van der Waals surface area contributed by atoms with Crippen LogP contribution in [0.3, 0.4) is 0 Å². The van der Waals surface area contributed by atoms with E-state index in [-0.39, 0.29) is 0 Å². The van der Waals surface area contributed by atoms with Gasteiger partial charge in [-0.3, -0.25) is 0 Å². The Morgan fingerprint density at radius 3 is 1.14 bits per heavy atom. The van der Waals surface area contributed by atoms with E-state index in [2.05, 4.69) is 208 Å². The molecular formula is C72H42N8. The van der Waals surface area contributed by atoms with Crippen molar-refractivity contribution >= 4 is 60.7 Å². The minimum Gasteiger partial charge on any atom is -0.309 e. The number of anilines is 3. The van der Waals surface area contributed by atoms with Crippen molar-refractivity contribution in [1.82, 2.24) is 24.1 Å². The predicted octanol–water partition coefficient (Wildman–Crippen LogP) is 17.0. The van der Waals surface area contributed by atoms with Crippen LogP contribution in [0.15, 0.2) is 255 Å². The molecule has 0 radical (unpaired) electrons. The number of nitriles is 2. The molecule has 3 aromatic heterocycles. The summed E-state index contributed by atoms with van der Waals surface area (Å²) in [5.74, 6) is 1.23. The van der Waals surface area contributed by atoms with Crippen molar-refractivity contribution in [3.8, 4) is 68.8 Å². The first kappa shape index (κ1) is 45.0. The third-order valence-corrected chi connectivity index (χ3v) is 16.4. The number of fused-ring (bicyclic) bond motifs is 15. The number of benzene rings is 11. The molecule has 0 bridgehead atoms. The highest BCUT2D eigenvalue weighted by molar-refractivity contribution is 6.11. The van der Waals surface area contributed by atoms with Gasteiger partial charge in [-0.2, -0.15) is 10.5 Å². The van der Waals surface area contributed by atoms with Gasteiger partial charge in [-0.25, -0.2) is 15.0 Å². The first-order valence-corrected chi connectivity index (χ1v) is 26.7. The number of nitrogens with zero attached hydrogens (tertiary/aromatic N) is 8. The zero-order valence-corrected chi connectivity index (χ0v) is 42.8. The van der Waals surface area contributed by atoms with Crippen LogP contribution in [-0.2, 0) is 5.41 Å². The molecule has 14 aromatic rings. The lowest BCUT2D eigenvalue weighted by molar-refractivity contribution is 0.752. The third kappa shape index (κ3) is 6.39. The highest BCUT2D eigenvalue weighted by Gasteiger charge is 2.52. The molecule has 0 fully saturated rings. The van der Waals surface area contributed by atoms with E-state index in [0.29, 0.717) is 39.9 Å². The average Bonchev–Trinajstić information content (AvgIpc) is 3.75. The van der Waals surface area contributed by atoms with Crippen LogP contribution in [0.4, 0.5) is 17.1 Å². The van der Waals surface area contributed by atoms with Crippen molar-refractivity contribution in [3.05, 3.63) is 288 Å². The highest BCUT2D eigenvalue weighted by Crippen LogP contribution is 2.64. The van der Waals surface area contributed by atoms with Crippen LogP contribution in [-0.4, -0.2) is 24.1 Å². The molecule has 1 aliphatic heterocycles. The minimum atomic E-state index is -0.815. The molecular weight excluding hydrogens is 977 g/mol. The molecule has 0 amide bonds. The van der Waals surface area contributed by atoms with Gasteiger partial charge in [0.25, 0.3) is 0 Å². The Labute approximate surface area is 460 Å². The standard InChI is InChI=1S/C72H42N8/c73-43-47-40-68(48(44-74)39-55(47)71-76-69(45-19-3-1-4-20-45)75-70(77-71)46-21-5-2-6-22-46)80-66-33-17-11-27-60(66)72(61-28-12-18-34-67(61)80)58-37-35-49(78-62-29-13-7-23-51(62)52-24-8-14-30-63(52)78)41-56(58)57-42-50(36-38-59(57)72)79-64-31-15-9-25-53(64)54-26-10-16-32-65(54)79/h1-42H. The Morgan fingerprint density at radius 1 is 0.312 bits per heavy atom. The Bertz CT molecular complexity index is 4620. The molecule has 11 aromatic carbocycles. The topological polar surface area (TPSA) is 99.3 Å². The maximum absolute atomic E-state index is 11.4. The van der Waals surface area contributed by atoms with Crippen molar-refractivity contribution in [2.75, 3.05) is 4.90 Å². The molecule has 80 heavy (non-hydrogen) atoms. The van der Waals surface area contributed by atoms with Gasteiger partial charge >= 0.3 is 0 Å². The molecule has 16 rings (SSSR count). The molecule has 8 heteroatoms. The third-order valence-electron chi connectivity index (χ3n) is 16.4. The summed E-state index contributed by atoms with van der Waals surface area (Å²) in [6.45, 7) is 0. The van der Waals surface area contributed by atoms with Crippen LogP contribution in [0.2, 0.25) is 0 Å². The minimum absolute atomic E-state index is 0.301. The summed E-state index contributed by atoms with van der Waals surface area (Å²) in [7, 11) is 0. The first-order valence-electron chi connectivity index (χ1n) is 26.7. The van der Waals surface area contributed by atoms with Gasteiger partial charge in [0.2, 0.25) is 0 Å². The van der Waals surface area contributed by atoms with Crippen molar-refractivity contribution in [2.45, 2.75) is 5.41 Å². The van der Waals surface area contributed by atoms with Gasteiger partial charge in [-0.1, -0.05) is 182 Å². The second kappa shape index (κ2) is 17.4. The Balaban J connectivity index is 0.935. The zero-order valence-electron chi connectivity index (χ0n) is 42.8. The normalized spacial score (nSPS) is 12.8. The van der Waals surface area contributed by atoms with E-state index in [1.54, 1.807) is 6.07 Å². The summed E-state index contributed by atoms with van der Waals surface area (Å²) in [5.41, 5.74) is 17.7. The Hall–Kier alpha value is -11.2. The number of hydrogen-bond acceptors (Lipinski definition) is 6. The van der Waals surface area contributed by atoms with E-state index in [0.717, 1.165) is 89.3 Å². The lowest BCUT2D eigenvalue weighted by Gasteiger charge is -2.45. The van der Waals surface area contributed by atoms with Gasteiger partial charge in [-0.15, -0.1) is 0 Å². The van der Waals surface area contributed by atoms with Crippen molar-refractivity contribution < 1.29 is 0 Å². The van der Waals surface area contributed by atoms with E-state index in [1.165, 1.54) is 21.5 Å². The molecule has 1 aliphatic carbocycles. The summed E-state index contributed by atoms with van der Waals surface area (Å²) < 4.78 is 4.80. The Kier molecular flexibility index (Phi) is 9.81. The number of hydrogen-bond donors (Lipinski definition) is 0. The molecule has 0 unspecified atom stereocenters. The fraction of sp³-hybridized carbons (Fsp3) is 0.0139. The Morgan fingerprint density at radius 2 is 0.700 bits per heavy atom. The van der Waals surface area contributed by atoms with Crippen molar-refractivity contribution in [3.63, 3.8) is 0 Å². The van der Waals surface area contributed by atoms with Gasteiger partial charge in [0.15, 0.2) is 17.5 Å². The van der Waals surface area contributed by atoms with Gasteiger partial charge in [0, 0.05) is 49.6 Å². The molecule has 370 valence electrons. The van der Waals surface area contributed by atoms with Crippen LogP contribution in [0.1, 0.15) is 33.4 Å². The molecule has 4 heterocycles. The lowest BCUT2D eigenvalue weighted by atomic mass is 9.64. The number of aromatic nitrogens is 5.